The average molecular weight is 589 g/mol. The molecule has 0 aliphatic carbocycles. The quantitative estimate of drug-likeness (QED) is 0.259. The Balaban J connectivity index is 1.81. The smallest absolute Gasteiger partial charge is 0.240 e. The lowest BCUT2D eigenvalue weighted by atomic mass is 9.99. The van der Waals surface area contributed by atoms with E-state index in [9.17, 15) is 14.0 Å². The van der Waals surface area contributed by atoms with E-state index in [2.05, 4.69) is 5.32 Å². The first-order valence-corrected chi connectivity index (χ1v) is 15.0. The van der Waals surface area contributed by atoms with Gasteiger partial charge in [0.05, 0.1) is 22.4 Å². The van der Waals surface area contributed by atoms with Crippen molar-refractivity contribution in [1.29, 1.82) is 0 Å². The highest BCUT2D eigenvalue weighted by Crippen LogP contribution is 2.49. The number of carbonyl (C=O) groups excluding carboxylic acids is 2. The molecule has 0 spiro atoms. The van der Waals surface area contributed by atoms with Crippen molar-refractivity contribution >= 4 is 29.4 Å². The molecule has 9 heteroatoms. The molecular weight excluding hydrogens is 554 g/mol. The van der Waals surface area contributed by atoms with Crippen molar-refractivity contribution in [3.05, 3.63) is 101 Å². The SMILES string of the molecule is Cc1cccc(-n2nc(-c3ccccc3)c3c2N(CC(=O)NC(C)C(C)C)C(=O)CSC3c2ccc(F)cc2F)c1C. The van der Waals surface area contributed by atoms with E-state index in [-0.39, 0.29) is 41.6 Å². The van der Waals surface area contributed by atoms with Gasteiger partial charge in [-0.25, -0.2) is 13.5 Å². The van der Waals surface area contributed by atoms with Crippen molar-refractivity contribution < 1.29 is 18.4 Å². The highest BCUT2D eigenvalue weighted by atomic mass is 32.2. The van der Waals surface area contributed by atoms with Crippen molar-refractivity contribution in [1.82, 2.24) is 15.1 Å². The monoisotopic (exact) mass is 588 g/mol. The summed E-state index contributed by atoms with van der Waals surface area (Å²) in [6.45, 7) is 9.70. The molecule has 0 saturated heterocycles. The van der Waals surface area contributed by atoms with Gasteiger partial charge in [-0.3, -0.25) is 14.5 Å². The van der Waals surface area contributed by atoms with Crippen LogP contribution in [0.2, 0.25) is 0 Å². The molecule has 0 radical (unpaired) electrons. The Hall–Kier alpha value is -3.98. The van der Waals surface area contributed by atoms with Crippen molar-refractivity contribution in [2.45, 2.75) is 45.9 Å². The summed E-state index contributed by atoms with van der Waals surface area (Å²) in [5, 5.41) is 7.37. The molecule has 2 unspecified atom stereocenters. The van der Waals surface area contributed by atoms with E-state index >= 15 is 4.39 Å². The van der Waals surface area contributed by atoms with Gasteiger partial charge in [-0.1, -0.05) is 62.4 Å². The van der Waals surface area contributed by atoms with Gasteiger partial charge in [-0.15, -0.1) is 11.8 Å². The number of halogens is 2. The van der Waals surface area contributed by atoms with Crippen LogP contribution < -0.4 is 10.2 Å². The normalized spacial score (nSPS) is 15.9. The highest BCUT2D eigenvalue weighted by molar-refractivity contribution is 8.00. The number of anilines is 1. The molecule has 1 aromatic heterocycles. The molecule has 4 aromatic rings. The van der Waals surface area contributed by atoms with Gasteiger partial charge >= 0.3 is 0 Å². The van der Waals surface area contributed by atoms with Gasteiger partial charge in [-0.2, -0.15) is 5.10 Å². The lowest BCUT2D eigenvalue weighted by molar-refractivity contribution is -0.123. The minimum atomic E-state index is -0.707. The number of fused-ring (bicyclic) bond motifs is 1. The molecule has 0 fully saturated rings. The molecule has 5 rings (SSSR count). The zero-order valence-corrected chi connectivity index (χ0v) is 25.1. The van der Waals surface area contributed by atoms with Gasteiger partial charge in [0.25, 0.3) is 0 Å². The number of nitrogens with one attached hydrogen (secondary N) is 1. The van der Waals surface area contributed by atoms with Crippen LogP contribution in [0.4, 0.5) is 14.6 Å². The summed E-state index contributed by atoms with van der Waals surface area (Å²) in [5.41, 5.74) is 4.90. The first kappa shape index (κ1) is 29.5. The Morgan fingerprint density at radius 2 is 1.79 bits per heavy atom. The van der Waals surface area contributed by atoms with Crippen molar-refractivity contribution in [2.75, 3.05) is 17.2 Å². The second kappa shape index (κ2) is 12.1. The molecule has 1 aliphatic heterocycles. The van der Waals surface area contributed by atoms with Crippen molar-refractivity contribution in [2.24, 2.45) is 5.92 Å². The summed E-state index contributed by atoms with van der Waals surface area (Å²) in [4.78, 5) is 28.7. The number of aromatic nitrogens is 2. The fourth-order valence-electron chi connectivity index (χ4n) is 5.03. The number of nitrogens with zero attached hydrogens (tertiary/aromatic N) is 3. The third kappa shape index (κ3) is 5.70. The van der Waals surface area contributed by atoms with E-state index in [1.165, 1.54) is 28.8 Å². The Morgan fingerprint density at radius 1 is 1.05 bits per heavy atom. The number of amides is 2. The van der Waals surface area contributed by atoms with E-state index in [1.807, 2.05) is 83.1 Å². The van der Waals surface area contributed by atoms with Crippen LogP contribution in [0.1, 0.15) is 48.3 Å². The molecule has 6 nitrogen and oxygen atoms in total. The number of rotatable bonds is 7. The summed E-state index contributed by atoms with van der Waals surface area (Å²) in [6.07, 6.45) is 0. The first-order chi connectivity index (χ1) is 20.1. The Bertz CT molecular complexity index is 1640. The summed E-state index contributed by atoms with van der Waals surface area (Å²) in [7, 11) is 0. The maximum Gasteiger partial charge on any atom is 0.240 e. The summed E-state index contributed by atoms with van der Waals surface area (Å²) < 4.78 is 31.1. The molecule has 42 heavy (non-hydrogen) atoms. The van der Waals surface area contributed by atoms with Gasteiger partial charge in [0.15, 0.2) is 0 Å². The number of benzene rings is 3. The van der Waals surface area contributed by atoms with Gasteiger partial charge in [0.1, 0.15) is 24.0 Å². The van der Waals surface area contributed by atoms with Crippen LogP contribution in [-0.4, -0.2) is 39.9 Å². The second-order valence-electron chi connectivity index (χ2n) is 11.0. The number of thioether (sulfide) groups is 1. The fourth-order valence-corrected chi connectivity index (χ4v) is 6.25. The zero-order valence-electron chi connectivity index (χ0n) is 24.3. The maximum absolute atomic E-state index is 15.4. The van der Waals surface area contributed by atoms with Crippen LogP contribution in [-0.2, 0) is 9.59 Å². The molecule has 2 amide bonds. The minimum absolute atomic E-state index is 0.00972. The van der Waals surface area contributed by atoms with Gasteiger partial charge < -0.3 is 5.32 Å². The van der Waals surface area contributed by atoms with E-state index in [0.717, 1.165) is 28.4 Å². The Kier molecular flexibility index (Phi) is 8.50. The summed E-state index contributed by atoms with van der Waals surface area (Å²) >= 11 is 1.24. The van der Waals surface area contributed by atoms with Crippen LogP contribution in [0.15, 0.2) is 66.7 Å². The molecular formula is C33H34F2N4O2S. The summed E-state index contributed by atoms with van der Waals surface area (Å²) in [5.74, 6) is -1.40. The van der Waals surface area contributed by atoms with Crippen LogP contribution >= 0.6 is 11.8 Å². The van der Waals surface area contributed by atoms with E-state index in [1.54, 1.807) is 4.68 Å². The van der Waals surface area contributed by atoms with Crippen LogP contribution in [0.5, 0.6) is 0 Å². The molecule has 2 atom stereocenters. The average Bonchev–Trinajstić information content (AvgIpc) is 3.28. The lowest BCUT2D eigenvalue weighted by Gasteiger charge is -2.25. The largest absolute Gasteiger partial charge is 0.352 e. The third-order valence-corrected chi connectivity index (χ3v) is 9.11. The van der Waals surface area contributed by atoms with E-state index in [4.69, 9.17) is 5.10 Å². The van der Waals surface area contributed by atoms with E-state index < -0.39 is 16.9 Å². The Morgan fingerprint density at radius 3 is 2.48 bits per heavy atom. The predicted molar refractivity (Wildman–Crippen MR) is 164 cm³/mol. The topological polar surface area (TPSA) is 67.2 Å². The van der Waals surface area contributed by atoms with Crippen molar-refractivity contribution in [3.63, 3.8) is 0 Å². The second-order valence-corrected chi connectivity index (χ2v) is 12.1. The van der Waals surface area contributed by atoms with Crippen LogP contribution in [0.3, 0.4) is 0 Å². The predicted octanol–water partition coefficient (Wildman–Crippen LogP) is 6.76. The first-order valence-electron chi connectivity index (χ1n) is 14.0. The molecule has 1 aliphatic rings. The number of hydrogen-bond donors (Lipinski definition) is 1. The maximum atomic E-state index is 15.4. The molecule has 2 heterocycles. The van der Waals surface area contributed by atoms with Crippen LogP contribution in [0.25, 0.3) is 16.9 Å². The zero-order chi connectivity index (χ0) is 30.1. The minimum Gasteiger partial charge on any atom is -0.352 e. The number of carbonyl (C=O) groups is 2. The van der Waals surface area contributed by atoms with Gasteiger partial charge in [0, 0.05) is 28.8 Å². The molecule has 1 N–H and O–H groups in total. The lowest BCUT2D eigenvalue weighted by Crippen LogP contribution is -2.46. The van der Waals surface area contributed by atoms with E-state index in [0.29, 0.717) is 17.1 Å². The standard InChI is InChI=1S/C33H34F2N4O2S/c1-19(2)22(5)36-28(40)17-38-29(41)18-42-32(25-15-14-24(34)16-26(25)35)30-31(23-11-7-6-8-12-23)37-39(33(30)38)27-13-9-10-20(3)21(27)4/h6-16,19,22,32H,17-18H2,1-5H3,(H,36,40). The van der Waals surface area contributed by atoms with Crippen molar-refractivity contribution in [3.8, 4) is 16.9 Å². The number of aryl methyl sites for hydroxylation is 1. The highest BCUT2D eigenvalue weighted by Gasteiger charge is 2.39. The Labute approximate surface area is 249 Å². The van der Waals surface area contributed by atoms with Gasteiger partial charge in [0.2, 0.25) is 11.8 Å². The third-order valence-electron chi connectivity index (χ3n) is 7.88. The molecule has 0 saturated carbocycles. The molecule has 218 valence electrons. The van der Waals surface area contributed by atoms with Gasteiger partial charge in [-0.05, 0) is 49.9 Å². The summed E-state index contributed by atoms with van der Waals surface area (Å²) in [6, 6.07) is 18.7. The fraction of sp³-hybridized carbons (Fsp3) is 0.303. The molecule has 0 bridgehead atoms. The molecule has 3 aromatic carbocycles. The van der Waals surface area contributed by atoms with Crippen LogP contribution in [0, 0.1) is 31.4 Å². The number of hydrogen-bond acceptors (Lipinski definition) is 4.